The maximum atomic E-state index is 5.71. The van der Waals surface area contributed by atoms with Gasteiger partial charge in [0.15, 0.2) is 0 Å². The quantitative estimate of drug-likeness (QED) is 0.501. The summed E-state index contributed by atoms with van der Waals surface area (Å²) in [6.07, 6.45) is 0. The van der Waals surface area contributed by atoms with Gasteiger partial charge in [0.05, 0.1) is 5.76 Å². The van der Waals surface area contributed by atoms with Crippen LogP contribution in [0.3, 0.4) is 0 Å². The molecule has 0 amide bonds. The molecule has 0 unspecified atom stereocenters. The fraction of sp³-hybridized carbons (Fsp3) is 0.778. The summed E-state index contributed by atoms with van der Waals surface area (Å²) in [5, 5.41) is 0.659. The molecule has 0 spiro atoms. The van der Waals surface area contributed by atoms with Gasteiger partial charge in [-0.05, 0) is 24.9 Å². The largest absolute Gasteiger partial charge is 0.547 e. The zero-order valence-electron chi connectivity index (χ0n) is 8.81. The molecule has 3 heteroatoms. The van der Waals surface area contributed by atoms with Crippen molar-refractivity contribution in [2.24, 2.45) is 0 Å². The molecular weight excluding hydrogens is 184 g/mol. The number of hydrogen-bond donors (Lipinski definition) is 0. The fourth-order valence-corrected chi connectivity index (χ4v) is 2.34. The topological polar surface area (TPSA) is 9.23 Å². The van der Waals surface area contributed by atoms with E-state index in [-0.39, 0.29) is 0 Å². The molecule has 0 aromatic heterocycles. The van der Waals surface area contributed by atoms with Crippen molar-refractivity contribution in [3.8, 4) is 0 Å². The summed E-state index contributed by atoms with van der Waals surface area (Å²) in [7, 11) is -1.41. The molecular formula is C9H20OSSi. The Hall–Kier alpha value is 0.107. The molecule has 0 saturated carbocycles. The summed E-state index contributed by atoms with van der Waals surface area (Å²) in [5.74, 6) is 1.87. The third-order valence-corrected chi connectivity index (χ3v) is 3.08. The Balaban J connectivity index is 3.61. The monoisotopic (exact) mass is 204 g/mol. The summed E-state index contributed by atoms with van der Waals surface area (Å²) in [4.78, 5) is 0. The van der Waals surface area contributed by atoms with Crippen LogP contribution >= 0.6 is 11.8 Å². The molecule has 0 fully saturated rings. The minimum atomic E-state index is -1.41. The molecule has 0 aliphatic rings. The van der Waals surface area contributed by atoms with Gasteiger partial charge in [0.2, 0.25) is 8.32 Å². The van der Waals surface area contributed by atoms with Crippen LogP contribution in [0.25, 0.3) is 0 Å². The molecule has 0 aromatic rings. The molecule has 72 valence electrons. The Bertz CT molecular complexity index is 149. The molecule has 0 atom stereocenters. The van der Waals surface area contributed by atoms with E-state index in [0.29, 0.717) is 5.25 Å². The smallest absolute Gasteiger partial charge is 0.241 e. The third kappa shape index (κ3) is 8.21. The van der Waals surface area contributed by atoms with Gasteiger partial charge < -0.3 is 4.43 Å². The molecule has 0 radical (unpaired) electrons. The van der Waals surface area contributed by atoms with Gasteiger partial charge in [0.25, 0.3) is 0 Å². The molecule has 12 heavy (non-hydrogen) atoms. The van der Waals surface area contributed by atoms with Crippen molar-refractivity contribution >= 4 is 20.1 Å². The van der Waals surface area contributed by atoms with Gasteiger partial charge in [-0.15, -0.1) is 0 Å². The minimum Gasteiger partial charge on any atom is -0.547 e. The lowest BCUT2D eigenvalue weighted by molar-refractivity contribution is 0.430. The van der Waals surface area contributed by atoms with Gasteiger partial charge in [-0.2, -0.15) is 11.8 Å². The van der Waals surface area contributed by atoms with Crippen LogP contribution in [0.5, 0.6) is 0 Å². The van der Waals surface area contributed by atoms with E-state index in [0.717, 1.165) is 11.5 Å². The Morgan fingerprint density at radius 1 is 1.42 bits per heavy atom. The third-order valence-electron chi connectivity index (χ3n) is 1.03. The van der Waals surface area contributed by atoms with E-state index in [1.54, 1.807) is 0 Å². The van der Waals surface area contributed by atoms with Crippen molar-refractivity contribution in [2.75, 3.05) is 5.75 Å². The summed E-state index contributed by atoms with van der Waals surface area (Å²) < 4.78 is 5.71. The second-order valence-corrected chi connectivity index (χ2v) is 10.1. The van der Waals surface area contributed by atoms with Gasteiger partial charge in [0.1, 0.15) is 0 Å². The Labute approximate surface area is 81.7 Å². The highest BCUT2D eigenvalue weighted by Gasteiger charge is 2.16. The van der Waals surface area contributed by atoms with Crippen molar-refractivity contribution in [3.05, 3.63) is 12.3 Å². The minimum absolute atomic E-state index is 0.659. The van der Waals surface area contributed by atoms with E-state index < -0.39 is 8.32 Å². The lowest BCUT2D eigenvalue weighted by Gasteiger charge is -2.21. The molecule has 0 saturated heterocycles. The van der Waals surface area contributed by atoms with Crippen LogP contribution in [-0.4, -0.2) is 19.3 Å². The first kappa shape index (κ1) is 12.1. The second kappa shape index (κ2) is 4.97. The SMILES string of the molecule is C=C(CSC(C)C)O[Si](C)(C)C. The lowest BCUT2D eigenvalue weighted by Crippen LogP contribution is -2.25. The number of thioether (sulfide) groups is 1. The van der Waals surface area contributed by atoms with E-state index in [9.17, 15) is 0 Å². The van der Waals surface area contributed by atoms with E-state index in [2.05, 4.69) is 40.1 Å². The van der Waals surface area contributed by atoms with Gasteiger partial charge in [0, 0.05) is 5.75 Å². The van der Waals surface area contributed by atoms with E-state index >= 15 is 0 Å². The molecule has 0 bridgehead atoms. The van der Waals surface area contributed by atoms with Crippen LogP contribution < -0.4 is 0 Å². The number of hydrogen-bond acceptors (Lipinski definition) is 2. The second-order valence-electron chi connectivity index (χ2n) is 4.11. The van der Waals surface area contributed by atoms with Crippen molar-refractivity contribution in [2.45, 2.75) is 38.7 Å². The van der Waals surface area contributed by atoms with Gasteiger partial charge in [-0.1, -0.05) is 20.4 Å². The maximum Gasteiger partial charge on any atom is 0.241 e. The zero-order chi connectivity index (χ0) is 9.78. The van der Waals surface area contributed by atoms with Crippen molar-refractivity contribution in [1.82, 2.24) is 0 Å². The molecule has 0 rings (SSSR count). The van der Waals surface area contributed by atoms with Gasteiger partial charge in [-0.25, -0.2) is 0 Å². The van der Waals surface area contributed by atoms with Crippen LogP contribution in [0, 0.1) is 0 Å². The van der Waals surface area contributed by atoms with Crippen LogP contribution in [0.2, 0.25) is 19.6 Å². The normalized spacial score (nSPS) is 11.8. The molecule has 0 aliphatic heterocycles. The van der Waals surface area contributed by atoms with E-state index in [1.165, 1.54) is 0 Å². The highest BCUT2D eigenvalue weighted by Crippen LogP contribution is 2.16. The fourth-order valence-electron chi connectivity index (χ4n) is 0.722. The molecule has 0 heterocycles. The van der Waals surface area contributed by atoms with Crippen LogP contribution in [0.4, 0.5) is 0 Å². The average Bonchev–Trinajstić information content (AvgIpc) is 1.79. The predicted molar refractivity (Wildman–Crippen MR) is 61.2 cm³/mol. The first-order valence-electron chi connectivity index (χ1n) is 4.29. The van der Waals surface area contributed by atoms with Crippen LogP contribution in [0.15, 0.2) is 12.3 Å². The van der Waals surface area contributed by atoms with Crippen LogP contribution in [0.1, 0.15) is 13.8 Å². The maximum absolute atomic E-state index is 5.71. The van der Waals surface area contributed by atoms with Gasteiger partial charge in [-0.3, -0.25) is 0 Å². The molecule has 0 aromatic carbocycles. The Morgan fingerprint density at radius 3 is 2.25 bits per heavy atom. The first-order valence-corrected chi connectivity index (χ1v) is 8.75. The molecule has 0 N–H and O–H groups in total. The first-order chi connectivity index (χ1) is 5.31. The zero-order valence-corrected chi connectivity index (χ0v) is 10.6. The predicted octanol–water partition coefficient (Wildman–Crippen LogP) is 3.49. The van der Waals surface area contributed by atoms with Crippen molar-refractivity contribution < 1.29 is 4.43 Å². The molecule has 0 aliphatic carbocycles. The Kier molecular flexibility index (Phi) is 5.02. The number of rotatable bonds is 5. The van der Waals surface area contributed by atoms with Crippen LogP contribution in [-0.2, 0) is 4.43 Å². The summed E-state index contributed by atoms with van der Waals surface area (Å²) in [6.45, 7) is 14.8. The van der Waals surface area contributed by atoms with Gasteiger partial charge >= 0.3 is 0 Å². The molecule has 1 nitrogen and oxygen atoms in total. The van der Waals surface area contributed by atoms with E-state index in [4.69, 9.17) is 4.43 Å². The summed E-state index contributed by atoms with van der Waals surface area (Å²) >= 11 is 1.88. The summed E-state index contributed by atoms with van der Waals surface area (Å²) in [5.41, 5.74) is 0. The summed E-state index contributed by atoms with van der Waals surface area (Å²) in [6, 6.07) is 0. The highest BCUT2D eigenvalue weighted by atomic mass is 32.2. The van der Waals surface area contributed by atoms with Crippen molar-refractivity contribution in [1.29, 1.82) is 0 Å². The standard InChI is InChI=1S/C9H20OSSi/c1-8(2)11-7-9(3)10-12(4,5)6/h8H,3,7H2,1-2,4-6H3. The van der Waals surface area contributed by atoms with Crippen molar-refractivity contribution in [3.63, 3.8) is 0 Å². The van der Waals surface area contributed by atoms with E-state index in [1.807, 2.05) is 11.8 Å². The lowest BCUT2D eigenvalue weighted by atomic mass is 10.6. The highest BCUT2D eigenvalue weighted by molar-refractivity contribution is 8.00. The average molecular weight is 204 g/mol. The Morgan fingerprint density at radius 2 is 1.92 bits per heavy atom.